The van der Waals surface area contributed by atoms with Gasteiger partial charge in [0.2, 0.25) is 0 Å². The van der Waals surface area contributed by atoms with Gasteiger partial charge in [0.15, 0.2) is 0 Å². The Bertz CT molecular complexity index is 104. The Morgan fingerprint density at radius 3 is 2.17 bits per heavy atom. The summed E-state index contributed by atoms with van der Waals surface area (Å²) in [6.45, 7) is 8.86. The van der Waals surface area contributed by atoms with E-state index in [-0.39, 0.29) is 12.6 Å². The maximum Gasteiger partial charge on any atom is 0.0587 e. The Hall–Kier alpha value is -0.0800. The van der Waals surface area contributed by atoms with Crippen molar-refractivity contribution in [2.75, 3.05) is 6.61 Å². The van der Waals surface area contributed by atoms with Crippen LogP contribution in [0.3, 0.4) is 0 Å². The minimum Gasteiger partial charge on any atom is -0.395 e. The molecule has 0 aliphatic rings. The predicted molar refractivity (Wildman–Crippen MR) is 53.2 cm³/mol. The highest BCUT2D eigenvalue weighted by molar-refractivity contribution is 4.72. The normalized spacial score (nSPS) is 16.5. The number of nitrogens with one attached hydrogen (secondary N) is 1. The van der Waals surface area contributed by atoms with E-state index in [4.69, 9.17) is 5.11 Å². The zero-order valence-corrected chi connectivity index (χ0v) is 8.80. The van der Waals surface area contributed by atoms with Crippen LogP contribution < -0.4 is 5.32 Å². The summed E-state index contributed by atoms with van der Waals surface area (Å²) in [5, 5.41) is 12.5. The number of rotatable bonds is 6. The molecule has 0 aromatic carbocycles. The van der Waals surface area contributed by atoms with Gasteiger partial charge in [0.25, 0.3) is 0 Å². The summed E-state index contributed by atoms with van der Waals surface area (Å²) in [6, 6.07) is 0.779. The molecule has 0 amide bonds. The van der Waals surface area contributed by atoms with Crippen molar-refractivity contribution < 1.29 is 5.11 Å². The minimum atomic E-state index is 0.242. The largest absolute Gasteiger partial charge is 0.395 e. The SMILES string of the molecule is CCCC(C)N[C@H](CO)C(C)C. The lowest BCUT2D eigenvalue weighted by Crippen LogP contribution is -2.42. The highest BCUT2D eigenvalue weighted by atomic mass is 16.3. The lowest BCUT2D eigenvalue weighted by atomic mass is 10.0. The van der Waals surface area contributed by atoms with Crippen LogP contribution in [0.25, 0.3) is 0 Å². The molecule has 74 valence electrons. The van der Waals surface area contributed by atoms with Gasteiger partial charge in [-0.2, -0.15) is 0 Å². The molecule has 0 saturated carbocycles. The molecule has 0 aromatic heterocycles. The van der Waals surface area contributed by atoms with Crippen LogP contribution in [-0.4, -0.2) is 23.8 Å². The molecule has 0 heterocycles. The molecule has 0 saturated heterocycles. The topological polar surface area (TPSA) is 32.3 Å². The van der Waals surface area contributed by atoms with Crippen molar-refractivity contribution in [1.82, 2.24) is 5.32 Å². The fourth-order valence-electron chi connectivity index (χ4n) is 1.34. The van der Waals surface area contributed by atoms with Crippen LogP contribution in [0, 0.1) is 5.92 Å². The summed E-state index contributed by atoms with van der Waals surface area (Å²) in [5.41, 5.74) is 0. The van der Waals surface area contributed by atoms with Crippen LogP contribution in [0.4, 0.5) is 0 Å². The van der Waals surface area contributed by atoms with Crippen molar-refractivity contribution in [2.45, 2.75) is 52.6 Å². The highest BCUT2D eigenvalue weighted by Crippen LogP contribution is 2.04. The summed E-state index contributed by atoms with van der Waals surface area (Å²) in [5.74, 6) is 0.509. The molecular formula is C10H23NO. The standard InChI is InChI=1S/C10H23NO/c1-5-6-9(4)11-10(7-12)8(2)3/h8-12H,5-7H2,1-4H3/t9?,10-/m1/s1. The molecule has 0 aromatic rings. The first-order chi connectivity index (χ1) is 5.61. The summed E-state index contributed by atoms with van der Waals surface area (Å²) in [4.78, 5) is 0. The fourth-order valence-corrected chi connectivity index (χ4v) is 1.34. The second-order valence-electron chi connectivity index (χ2n) is 3.89. The molecule has 0 rings (SSSR count). The lowest BCUT2D eigenvalue weighted by Gasteiger charge is -2.24. The predicted octanol–water partition coefficient (Wildman–Crippen LogP) is 1.78. The molecule has 1 unspecified atom stereocenters. The summed E-state index contributed by atoms with van der Waals surface area (Å²) < 4.78 is 0. The van der Waals surface area contributed by atoms with Crippen LogP contribution in [0.15, 0.2) is 0 Å². The third kappa shape index (κ3) is 4.73. The van der Waals surface area contributed by atoms with E-state index in [2.05, 4.69) is 33.0 Å². The summed E-state index contributed by atoms with van der Waals surface area (Å²) in [7, 11) is 0. The molecular weight excluding hydrogens is 150 g/mol. The highest BCUT2D eigenvalue weighted by Gasteiger charge is 2.13. The molecule has 0 spiro atoms. The van der Waals surface area contributed by atoms with Gasteiger partial charge in [-0.15, -0.1) is 0 Å². The van der Waals surface area contributed by atoms with Crippen LogP contribution in [0.2, 0.25) is 0 Å². The van der Waals surface area contributed by atoms with Gasteiger partial charge in [0.1, 0.15) is 0 Å². The third-order valence-electron chi connectivity index (χ3n) is 2.22. The molecule has 2 heteroatoms. The van der Waals surface area contributed by atoms with Crippen LogP contribution in [0.5, 0.6) is 0 Å². The van der Waals surface area contributed by atoms with Gasteiger partial charge in [-0.3, -0.25) is 0 Å². The lowest BCUT2D eigenvalue weighted by molar-refractivity contribution is 0.199. The Morgan fingerprint density at radius 2 is 1.83 bits per heavy atom. The molecule has 0 radical (unpaired) electrons. The summed E-state index contributed by atoms with van der Waals surface area (Å²) >= 11 is 0. The van der Waals surface area contributed by atoms with Gasteiger partial charge in [-0.1, -0.05) is 27.2 Å². The van der Waals surface area contributed by atoms with E-state index >= 15 is 0 Å². The van der Waals surface area contributed by atoms with E-state index < -0.39 is 0 Å². The van der Waals surface area contributed by atoms with Gasteiger partial charge < -0.3 is 10.4 Å². The molecule has 0 fully saturated rings. The maximum absolute atomic E-state index is 9.05. The molecule has 12 heavy (non-hydrogen) atoms. The molecule has 0 bridgehead atoms. The van der Waals surface area contributed by atoms with Crippen molar-refractivity contribution >= 4 is 0 Å². The average molecular weight is 173 g/mol. The first kappa shape index (κ1) is 11.9. The van der Waals surface area contributed by atoms with Crippen LogP contribution in [0.1, 0.15) is 40.5 Å². The van der Waals surface area contributed by atoms with Crippen molar-refractivity contribution in [3.8, 4) is 0 Å². The smallest absolute Gasteiger partial charge is 0.0587 e. The first-order valence-corrected chi connectivity index (χ1v) is 4.98. The van der Waals surface area contributed by atoms with E-state index in [9.17, 15) is 0 Å². The monoisotopic (exact) mass is 173 g/mol. The molecule has 2 N–H and O–H groups in total. The quantitative estimate of drug-likeness (QED) is 0.641. The second kappa shape index (κ2) is 6.44. The van der Waals surface area contributed by atoms with Crippen molar-refractivity contribution in [1.29, 1.82) is 0 Å². The second-order valence-corrected chi connectivity index (χ2v) is 3.89. The molecule has 0 aliphatic carbocycles. The maximum atomic E-state index is 9.05. The minimum absolute atomic E-state index is 0.242. The molecule has 2 nitrogen and oxygen atoms in total. The van der Waals surface area contributed by atoms with Gasteiger partial charge >= 0.3 is 0 Å². The van der Waals surface area contributed by atoms with E-state index in [1.165, 1.54) is 12.8 Å². The number of hydrogen-bond acceptors (Lipinski definition) is 2. The Morgan fingerprint density at radius 1 is 1.25 bits per heavy atom. The van der Waals surface area contributed by atoms with Gasteiger partial charge in [-0.05, 0) is 19.3 Å². The van der Waals surface area contributed by atoms with Crippen LogP contribution >= 0.6 is 0 Å². The zero-order valence-electron chi connectivity index (χ0n) is 8.80. The first-order valence-electron chi connectivity index (χ1n) is 4.98. The van der Waals surface area contributed by atoms with Crippen LogP contribution in [-0.2, 0) is 0 Å². The Balaban J connectivity index is 3.69. The Labute approximate surface area is 76.4 Å². The van der Waals surface area contributed by atoms with Gasteiger partial charge in [-0.25, -0.2) is 0 Å². The van der Waals surface area contributed by atoms with E-state index in [0.29, 0.717) is 12.0 Å². The number of aliphatic hydroxyl groups is 1. The van der Waals surface area contributed by atoms with Crippen molar-refractivity contribution in [3.63, 3.8) is 0 Å². The number of hydrogen-bond donors (Lipinski definition) is 2. The average Bonchev–Trinajstić information content (AvgIpc) is 2.00. The van der Waals surface area contributed by atoms with Crippen molar-refractivity contribution in [2.24, 2.45) is 5.92 Å². The van der Waals surface area contributed by atoms with E-state index in [1.807, 2.05) is 0 Å². The fraction of sp³-hybridized carbons (Fsp3) is 1.00. The van der Waals surface area contributed by atoms with Gasteiger partial charge in [0.05, 0.1) is 6.61 Å². The van der Waals surface area contributed by atoms with Gasteiger partial charge in [0, 0.05) is 12.1 Å². The Kier molecular flexibility index (Phi) is 6.39. The summed E-state index contributed by atoms with van der Waals surface area (Å²) in [6.07, 6.45) is 2.38. The molecule has 0 aliphatic heterocycles. The zero-order chi connectivity index (χ0) is 9.56. The van der Waals surface area contributed by atoms with E-state index in [1.54, 1.807) is 0 Å². The van der Waals surface area contributed by atoms with E-state index in [0.717, 1.165) is 0 Å². The third-order valence-corrected chi connectivity index (χ3v) is 2.22. The molecule has 2 atom stereocenters. The van der Waals surface area contributed by atoms with Crippen molar-refractivity contribution in [3.05, 3.63) is 0 Å². The number of aliphatic hydroxyl groups excluding tert-OH is 1.